The van der Waals surface area contributed by atoms with E-state index >= 15 is 0 Å². The van der Waals surface area contributed by atoms with Crippen molar-refractivity contribution in [1.82, 2.24) is 9.29 Å². The number of nitrogens with zero attached hydrogens (tertiary/aromatic N) is 2. The number of rotatable bonds is 7. The van der Waals surface area contributed by atoms with Crippen LogP contribution in [0.15, 0.2) is 22.4 Å². The number of carbonyl (C=O) groups excluding carboxylic acids is 1. The predicted octanol–water partition coefficient (Wildman–Crippen LogP) is 1.52. The summed E-state index contributed by atoms with van der Waals surface area (Å²) < 4.78 is 30.6. The van der Waals surface area contributed by atoms with E-state index in [0.717, 1.165) is 11.3 Å². The van der Waals surface area contributed by atoms with Crippen LogP contribution in [0.4, 0.5) is 0 Å². The largest absolute Gasteiger partial charge is 0.464 e. The normalized spacial score (nSPS) is 11.5. The summed E-state index contributed by atoms with van der Waals surface area (Å²) in [6.07, 6.45) is 2.17. The van der Waals surface area contributed by atoms with E-state index in [-0.39, 0.29) is 16.4 Å². The van der Waals surface area contributed by atoms with Crippen molar-refractivity contribution in [3.8, 4) is 0 Å². The molecule has 106 valence electrons. The van der Waals surface area contributed by atoms with Crippen LogP contribution in [0.3, 0.4) is 0 Å². The lowest BCUT2D eigenvalue weighted by atomic mass is 10.5. The first kappa shape index (κ1) is 15.8. The third kappa shape index (κ3) is 3.40. The Kier molecular flexibility index (Phi) is 5.64. The van der Waals surface area contributed by atoms with E-state index in [1.165, 1.54) is 23.0 Å². The highest BCUT2D eigenvalue weighted by Gasteiger charge is 2.31. The van der Waals surface area contributed by atoms with Crippen LogP contribution in [0.25, 0.3) is 0 Å². The summed E-state index contributed by atoms with van der Waals surface area (Å²) in [5.74, 6) is -0.755. The highest BCUT2D eigenvalue weighted by molar-refractivity contribution is 7.91. The number of esters is 1. The lowest BCUT2D eigenvalue weighted by Gasteiger charge is -2.19. The summed E-state index contributed by atoms with van der Waals surface area (Å²) >= 11 is 0.904. The van der Waals surface area contributed by atoms with Crippen molar-refractivity contribution in [2.75, 3.05) is 20.2 Å². The Bertz CT molecular complexity index is 551. The van der Waals surface area contributed by atoms with E-state index in [2.05, 4.69) is 16.3 Å². The molecule has 0 radical (unpaired) electrons. The minimum Gasteiger partial charge on any atom is -0.464 e. The first-order chi connectivity index (χ1) is 8.98. The van der Waals surface area contributed by atoms with Gasteiger partial charge in [-0.15, -0.1) is 17.9 Å². The van der Waals surface area contributed by atoms with Crippen LogP contribution < -0.4 is 0 Å². The number of hydrogen-bond acceptors (Lipinski definition) is 6. The maximum Gasteiger partial charge on any atom is 0.358 e. The molecule has 0 aliphatic rings. The van der Waals surface area contributed by atoms with E-state index < -0.39 is 16.0 Å². The van der Waals surface area contributed by atoms with Crippen molar-refractivity contribution >= 4 is 27.3 Å². The van der Waals surface area contributed by atoms with Gasteiger partial charge in [0.25, 0.3) is 10.0 Å². The van der Waals surface area contributed by atoms with Gasteiger partial charge in [-0.25, -0.2) is 18.2 Å². The van der Waals surface area contributed by atoms with Crippen molar-refractivity contribution in [2.24, 2.45) is 0 Å². The van der Waals surface area contributed by atoms with Gasteiger partial charge in [0, 0.05) is 13.1 Å². The van der Waals surface area contributed by atoms with Crippen molar-refractivity contribution in [3.05, 3.63) is 23.9 Å². The Morgan fingerprint density at radius 2 is 2.32 bits per heavy atom. The third-order valence-corrected chi connectivity index (χ3v) is 5.51. The molecule has 0 atom stereocenters. The summed E-state index contributed by atoms with van der Waals surface area (Å²) in [5, 5.41) is 0. The quantitative estimate of drug-likeness (QED) is 0.564. The Balaban J connectivity index is 3.22. The highest BCUT2D eigenvalue weighted by Crippen LogP contribution is 2.24. The minimum atomic E-state index is -3.75. The first-order valence-corrected chi connectivity index (χ1v) is 7.93. The molecule has 0 aliphatic carbocycles. The van der Waals surface area contributed by atoms with Gasteiger partial charge in [0.2, 0.25) is 0 Å². The molecule has 0 bridgehead atoms. The Labute approximate surface area is 116 Å². The topological polar surface area (TPSA) is 76.6 Å². The Morgan fingerprint density at radius 1 is 1.63 bits per heavy atom. The molecule has 0 unspecified atom stereocenters. The van der Waals surface area contributed by atoms with Gasteiger partial charge in [-0.3, -0.25) is 0 Å². The predicted molar refractivity (Wildman–Crippen MR) is 72.7 cm³/mol. The van der Waals surface area contributed by atoms with Gasteiger partial charge in [-0.1, -0.05) is 13.0 Å². The van der Waals surface area contributed by atoms with Crippen molar-refractivity contribution < 1.29 is 17.9 Å². The molecule has 0 aliphatic heterocycles. The van der Waals surface area contributed by atoms with Crippen LogP contribution in [0.5, 0.6) is 0 Å². The number of aromatic nitrogens is 1. The second-order valence-electron chi connectivity index (χ2n) is 3.63. The number of ether oxygens (including phenoxy) is 1. The highest BCUT2D eigenvalue weighted by atomic mass is 32.2. The SMILES string of the molecule is C=CCN(CCC)S(=O)(=O)c1scnc1C(=O)OC. The zero-order valence-electron chi connectivity index (χ0n) is 10.8. The van der Waals surface area contributed by atoms with Crippen LogP contribution in [-0.2, 0) is 14.8 Å². The summed E-state index contributed by atoms with van der Waals surface area (Å²) in [6.45, 7) is 5.96. The van der Waals surface area contributed by atoms with Crippen molar-refractivity contribution in [2.45, 2.75) is 17.6 Å². The molecule has 1 aromatic rings. The molecule has 1 aromatic heterocycles. The first-order valence-electron chi connectivity index (χ1n) is 5.61. The maximum absolute atomic E-state index is 12.5. The fourth-order valence-corrected chi connectivity index (χ4v) is 4.24. The van der Waals surface area contributed by atoms with Crippen LogP contribution in [-0.4, -0.2) is 43.9 Å². The van der Waals surface area contributed by atoms with Crippen LogP contribution >= 0.6 is 11.3 Å². The molecule has 8 heteroatoms. The third-order valence-electron chi connectivity index (χ3n) is 2.29. The molecule has 0 N–H and O–H groups in total. The summed E-state index contributed by atoms with van der Waals surface area (Å²) in [6, 6.07) is 0. The molecule has 0 amide bonds. The second-order valence-corrected chi connectivity index (χ2v) is 6.62. The summed E-state index contributed by atoms with van der Waals surface area (Å²) in [5.41, 5.74) is 1.15. The molecule has 0 aromatic carbocycles. The Hall–Kier alpha value is -1.25. The van der Waals surface area contributed by atoms with E-state index in [0.29, 0.717) is 13.0 Å². The number of thiazole rings is 1. The molecule has 6 nitrogen and oxygen atoms in total. The van der Waals surface area contributed by atoms with Gasteiger partial charge >= 0.3 is 5.97 Å². The summed E-state index contributed by atoms with van der Waals surface area (Å²) in [7, 11) is -2.56. The molecular weight excluding hydrogens is 288 g/mol. The number of methoxy groups -OCH3 is 1. The molecule has 1 heterocycles. The molecule has 0 fully saturated rings. The van der Waals surface area contributed by atoms with Crippen LogP contribution in [0, 0.1) is 0 Å². The standard InChI is InChI=1S/C11H16N2O4S2/c1-4-6-13(7-5-2)19(15,16)11-9(10(14)17-3)12-8-18-11/h4,8H,1,5-7H2,2-3H3. The zero-order chi connectivity index (χ0) is 14.5. The molecule has 0 spiro atoms. The zero-order valence-corrected chi connectivity index (χ0v) is 12.5. The van der Waals surface area contributed by atoms with Gasteiger partial charge in [0.15, 0.2) is 9.90 Å². The minimum absolute atomic E-state index is 0.0883. The number of sulfonamides is 1. The van der Waals surface area contributed by atoms with E-state index in [4.69, 9.17) is 0 Å². The molecule has 0 saturated heterocycles. The molecule has 0 saturated carbocycles. The second kappa shape index (κ2) is 6.78. The maximum atomic E-state index is 12.5. The van der Waals surface area contributed by atoms with Crippen LogP contribution in [0.1, 0.15) is 23.8 Å². The van der Waals surface area contributed by atoms with Gasteiger partial charge < -0.3 is 4.74 Å². The smallest absolute Gasteiger partial charge is 0.358 e. The van der Waals surface area contributed by atoms with Gasteiger partial charge in [-0.05, 0) is 6.42 Å². The van der Waals surface area contributed by atoms with Gasteiger partial charge in [0.05, 0.1) is 12.6 Å². The fourth-order valence-electron chi connectivity index (χ4n) is 1.47. The molecule has 1 rings (SSSR count). The van der Waals surface area contributed by atoms with E-state index in [1.54, 1.807) is 0 Å². The van der Waals surface area contributed by atoms with Crippen molar-refractivity contribution in [1.29, 1.82) is 0 Å². The number of hydrogen-bond donors (Lipinski definition) is 0. The van der Waals surface area contributed by atoms with Crippen LogP contribution in [0.2, 0.25) is 0 Å². The lowest BCUT2D eigenvalue weighted by molar-refractivity contribution is 0.0590. The molecular formula is C11H16N2O4S2. The van der Waals surface area contributed by atoms with Gasteiger partial charge in [0.1, 0.15) is 0 Å². The fraction of sp³-hybridized carbons (Fsp3) is 0.455. The van der Waals surface area contributed by atoms with E-state index in [9.17, 15) is 13.2 Å². The average molecular weight is 304 g/mol. The summed E-state index contributed by atoms with van der Waals surface area (Å²) in [4.78, 5) is 15.3. The van der Waals surface area contributed by atoms with Gasteiger partial charge in [-0.2, -0.15) is 4.31 Å². The number of carbonyl (C=O) groups is 1. The van der Waals surface area contributed by atoms with E-state index in [1.807, 2.05) is 6.92 Å². The monoisotopic (exact) mass is 304 g/mol. The Morgan fingerprint density at radius 3 is 2.84 bits per heavy atom. The lowest BCUT2D eigenvalue weighted by Crippen LogP contribution is -2.32. The molecule has 19 heavy (non-hydrogen) atoms. The van der Waals surface area contributed by atoms with Crippen molar-refractivity contribution in [3.63, 3.8) is 0 Å². The average Bonchev–Trinajstić information content (AvgIpc) is 2.87.